The van der Waals surface area contributed by atoms with Crippen molar-refractivity contribution in [3.8, 4) is 6.07 Å². The summed E-state index contributed by atoms with van der Waals surface area (Å²) in [6.07, 6.45) is 2.69. The maximum absolute atomic E-state index is 11.9. The minimum atomic E-state index is 0.0212. The van der Waals surface area contributed by atoms with Crippen LogP contribution in [0, 0.1) is 17.2 Å². The third-order valence-electron chi connectivity index (χ3n) is 4.57. The molecule has 1 aliphatic heterocycles. The quantitative estimate of drug-likeness (QED) is 0.887. The topological polar surface area (TPSA) is 81.0 Å². The molecule has 3 rings (SSSR count). The second kappa shape index (κ2) is 7.49. The van der Waals surface area contributed by atoms with Crippen molar-refractivity contribution in [3.05, 3.63) is 36.0 Å². The van der Waals surface area contributed by atoms with Crippen molar-refractivity contribution < 1.29 is 4.79 Å². The monoisotopic (exact) mass is 337 g/mol. The number of nitriles is 1. The number of nitrogens with zero attached hydrogens (tertiary/aromatic N) is 3. The third-order valence-corrected chi connectivity index (χ3v) is 4.57. The molecule has 1 fully saturated rings. The van der Waals surface area contributed by atoms with Crippen LogP contribution in [0.15, 0.2) is 30.5 Å². The van der Waals surface area contributed by atoms with Crippen molar-refractivity contribution >= 4 is 22.5 Å². The van der Waals surface area contributed by atoms with Gasteiger partial charge >= 0.3 is 0 Å². The van der Waals surface area contributed by atoms with E-state index in [0.717, 1.165) is 36.1 Å². The second-order valence-electron chi connectivity index (χ2n) is 6.68. The number of hydrogen-bond acceptors (Lipinski definition) is 5. The van der Waals surface area contributed by atoms with Crippen LogP contribution in [-0.2, 0) is 4.79 Å². The minimum Gasteiger partial charge on any atom is -0.369 e. The number of amides is 1. The molecule has 2 atom stereocenters. The molecule has 0 saturated carbocycles. The Hall–Kier alpha value is -2.65. The van der Waals surface area contributed by atoms with E-state index in [9.17, 15) is 10.1 Å². The van der Waals surface area contributed by atoms with E-state index in [1.807, 2.05) is 24.3 Å². The van der Waals surface area contributed by atoms with Crippen LogP contribution in [0.2, 0.25) is 0 Å². The molecule has 1 saturated heterocycles. The lowest BCUT2D eigenvalue weighted by Crippen LogP contribution is -2.51. The largest absolute Gasteiger partial charge is 0.369 e. The Bertz CT molecular complexity index is 813. The summed E-state index contributed by atoms with van der Waals surface area (Å²) in [4.78, 5) is 18.6. The van der Waals surface area contributed by atoms with Crippen molar-refractivity contribution in [3.63, 3.8) is 0 Å². The number of carbonyl (C=O) groups excluding carboxylic acids is 1. The van der Waals surface area contributed by atoms with Crippen LogP contribution in [0.5, 0.6) is 0 Å². The molecule has 6 heteroatoms. The molecule has 2 aromatic rings. The fraction of sp³-hybridized carbons (Fsp3) is 0.421. The van der Waals surface area contributed by atoms with E-state index >= 15 is 0 Å². The zero-order valence-electron chi connectivity index (χ0n) is 14.6. The molecule has 0 spiro atoms. The number of aromatic nitrogens is 1. The summed E-state index contributed by atoms with van der Waals surface area (Å²) >= 11 is 0. The number of pyridine rings is 1. The Morgan fingerprint density at radius 2 is 2.24 bits per heavy atom. The van der Waals surface area contributed by atoms with Crippen LogP contribution in [-0.4, -0.2) is 43.6 Å². The van der Waals surface area contributed by atoms with Crippen LogP contribution in [0.1, 0.15) is 18.9 Å². The van der Waals surface area contributed by atoms with Crippen LogP contribution < -0.4 is 15.5 Å². The molecule has 6 nitrogen and oxygen atoms in total. The highest BCUT2D eigenvalue weighted by molar-refractivity contribution is 5.95. The Kier molecular flexibility index (Phi) is 5.15. The van der Waals surface area contributed by atoms with E-state index in [2.05, 4.69) is 33.5 Å². The molecule has 1 aromatic heterocycles. The van der Waals surface area contributed by atoms with Crippen molar-refractivity contribution in [2.45, 2.75) is 19.4 Å². The number of piperidine rings is 1. The lowest BCUT2D eigenvalue weighted by molar-refractivity contribution is -0.120. The van der Waals surface area contributed by atoms with Gasteiger partial charge in [0.15, 0.2) is 0 Å². The molecule has 0 aliphatic carbocycles. The van der Waals surface area contributed by atoms with Crippen LogP contribution in [0.3, 0.4) is 0 Å². The first-order valence-corrected chi connectivity index (χ1v) is 8.59. The third kappa shape index (κ3) is 3.72. The predicted molar refractivity (Wildman–Crippen MR) is 98.3 cm³/mol. The highest BCUT2D eigenvalue weighted by Gasteiger charge is 2.27. The van der Waals surface area contributed by atoms with Crippen LogP contribution in [0.25, 0.3) is 10.9 Å². The maximum Gasteiger partial charge on any atom is 0.234 e. The highest BCUT2D eigenvalue weighted by atomic mass is 16.2. The molecule has 2 N–H and O–H groups in total. The summed E-state index contributed by atoms with van der Waals surface area (Å²) in [5, 5.41) is 16.3. The van der Waals surface area contributed by atoms with E-state index in [-0.39, 0.29) is 11.9 Å². The zero-order chi connectivity index (χ0) is 17.8. The molecule has 0 bridgehead atoms. The number of fused-ring (bicyclic) bond motifs is 1. The summed E-state index contributed by atoms with van der Waals surface area (Å²) in [7, 11) is 1.77. The molecule has 2 heterocycles. The normalized spacial score (nSPS) is 20.3. The first-order chi connectivity index (χ1) is 12.1. The van der Waals surface area contributed by atoms with Gasteiger partial charge in [0, 0.05) is 36.4 Å². The fourth-order valence-electron chi connectivity index (χ4n) is 3.62. The van der Waals surface area contributed by atoms with Crippen molar-refractivity contribution in [2.75, 3.05) is 31.6 Å². The Labute approximate surface area is 147 Å². The summed E-state index contributed by atoms with van der Waals surface area (Å²) in [5.41, 5.74) is 2.39. The molecule has 25 heavy (non-hydrogen) atoms. The van der Waals surface area contributed by atoms with Gasteiger partial charge in [0.2, 0.25) is 5.91 Å². The van der Waals surface area contributed by atoms with Crippen molar-refractivity contribution in [1.82, 2.24) is 15.6 Å². The van der Waals surface area contributed by atoms with Gasteiger partial charge in [-0.05, 0) is 43.7 Å². The van der Waals surface area contributed by atoms with Gasteiger partial charge in [0.1, 0.15) is 6.07 Å². The second-order valence-corrected chi connectivity index (χ2v) is 6.68. The van der Waals surface area contributed by atoms with Gasteiger partial charge in [-0.15, -0.1) is 0 Å². The number of carbonyl (C=O) groups is 1. The molecule has 130 valence electrons. The lowest BCUT2D eigenvalue weighted by Gasteiger charge is -2.38. The van der Waals surface area contributed by atoms with Gasteiger partial charge in [-0.25, -0.2) is 0 Å². The first kappa shape index (κ1) is 17.2. The average Bonchev–Trinajstić information content (AvgIpc) is 2.60. The van der Waals surface area contributed by atoms with Gasteiger partial charge in [-0.2, -0.15) is 5.26 Å². The van der Waals surface area contributed by atoms with Gasteiger partial charge in [0.25, 0.3) is 0 Å². The van der Waals surface area contributed by atoms with Crippen molar-refractivity contribution in [2.24, 2.45) is 5.92 Å². The molecule has 1 aliphatic rings. The number of hydrogen-bond donors (Lipinski definition) is 2. The Morgan fingerprint density at radius 1 is 1.40 bits per heavy atom. The molecular weight excluding hydrogens is 314 g/mol. The predicted octanol–water partition coefficient (Wildman–Crippen LogP) is 1.66. The molecule has 1 amide bonds. The number of benzene rings is 1. The fourth-order valence-corrected chi connectivity index (χ4v) is 3.62. The Balaban J connectivity index is 1.89. The average molecular weight is 337 g/mol. The number of nitrogens with one attached hydrogen (secondary N) is 2. The zero-order valence-corrected chi connectivity index (χ0v) is 14.6. The molecular formula is C19H23N5O. The SMILES string of the molecule is CNCC(=O)NC1CC(C)CN(c2ccc(C#N)c3ncccc23)C1. The van der Waals surface area contributed by atoms with Gasteiger partial charge in [-0.1, -0.05) is 6.92 Å². The van der Waals surface area contributed by atoms with E-state index in [0.29, 0.717) is 18.0 Å². The van der Waals surface area contributed by atoms with Gasteiger partial charge < -0.3 is 15.5 Å². The number of likely N-dealkylation sites (N-methyl/N-ethyl adjacent to an activating group) is 1. The standard InChI is InChI=1S/C19H23N5O/c1-13-8-15(23-18(25)10-21-2)12-24(11-13)17-6-5-14(9-20)19-16(17)4-3-7-22-19/h3-7,13,15,21H,8,10-12H2,1-2H3,(H,23,25). The number of anilines is 1. The minimum absolute atomic E-state index is 0.0212. The summed E-state index contributed by atoms with van der Waals surface area (Å²) in [5.74, 6) is 0.490. The molecule has 1 aromatic carbocycles. The Morgan fingerprint density at radius 3 is 3.00 bits per heavy atom. The lowest BCUT2D eigenvalue weighted by atomic mass is 9.94. The highest BCUT2D eigenvalue weighted by Crippen LogP contribution is 2.31. The van der Waals surface area contributed by atoms with E-state index < -0.39 is 0 Å². The van der Waals surface area contributed by atoms with Crippen LogP contribution >= 0.6 is 0 Å². The van der Waals surface area contributed by atoms with Gasteiger partial charge in [-0.3, -0.25) is 9.78 Å². The number of rotatable bonds is 4. The summed E-state index contributed by atoms with van der Waals surface area (Å²) in [6.45, 7) is 4.21. The van der Waals surface area contributed by atoms with Crippen molar-refractivity contribution in [1.29, 1.82) is 5.26 Å². The van der Waals surface area contributed by atoms with E-state index in [4.69, 9.17) is 0 Å². The summed E-state index contributed by atoms with van der Waals surface area (Å²) in [6, 6.07) is 10.1. The van der Waals surface area contributed by atoms with Gasteiger partial charge in [0.05, 0.1) is 17.6 Å². The molecule has 0 radical (unpaired) electrons. The first-order valence-electron chi connectivity index (χ1n) is 8.59. The van der Waals surface area contributed by atoms with E-state index in [1.165, 1.54) is 0 Å². The van der Waals surface area contributed by atoms with Crippen LogP contribution in [0.4, 0.5) is 5.69 Å². The smallest absolute Gasteiger partial charge is 0.234 e. The maximum atomic E-state index is 11.9. The summed E-state index contributed by atoms with van der Waals surface area (Å²) < 4.78 is 0. The molecule has 2 unspecified atom stereocenters. The van der Waals surface area contributed by atoms with E-state index in [1.54, 1.807) is 13.2 Å².